The third kappa shape index (κ3) is 1.43. The second-order valence-electron chi connectivity index (χ2n) is 2.38. The Bertz CT molecular complexity index is 333. The molecule has 0 spiro atoms. The molecular weight excluding hydrogens is 224 g/mol. The number of phenolic OH excluding ortho intramolecular Hbond substituents is 1. The zero-order chi connectivity index (χ0) is 9.30. The Balaban J connectivity index is 3.36. The number of carbonyl (C=O) groups is 1. The van der Waals surface area contributed by atoms with E-state index in [0.29, 0.717) is 10.0 Å². The molecule has 0 atom stereocenters. The lowest BCUT2D eigenvalue weighted by Gasteiger charge is -2.04. The molecule has 1 rings (SSSR count). The second-order valence-corrected chi connectivity index (χ2v) is 3.17. The van der Waals surface area contributed by atoms with E-state index in [4.69, 9.17) is 10.2 Å². The lowest BCUT2D eigenvalue weighted by molar-refractivity contribution is 0.0696. The van der Waals surface area contributed by atoms with Gasteiger partial charge in [-0.1, -0.05) is 0 Å². The molecule has 0 aliphatic carbocycles. The van der Waals surface area contributed by atoms with Crippen molar-refractivity contribution in [1.82, 2.24) is 0 Å². The van der Waals surface area contributed by atoms with Crippen LogP contribution in [-0.2, 0) is 0 Å². The van der Waals surface area contributed by atoms with Gasteiger partial charge in [0.2, 0.25) is 0 Å². The minimum Gasteiger partial charge on any atom is -0.507 e. The van der Waals surface area contributed by atoms with Crippen molar-refractivity contribution in [2.45, 2.75) is 6.92 Å². The van der Waals surface area contributed by atoms with E-state index < -0.39 is 5.97 Å². The van der Waals surface area contributed by atoms with Gasteiger partial charge < -0.3 is 10.2 Å². The molecule has 0 saturated carbocycles. The Morgan fingerprint density at radius 2 is 2.08 bits per heavy atom. The summed E-state index contributed by atoms with van der Waals surface area (Å²) in [5.41, 5.74) is 0.724. The fraction of sp³-hybridized carbons (Fsp3) is 0.125. The van der Waals surface area contributed by atoms with Crippen LogP contribution < -0.4 is 0 Å². The van der Waals surface area contributed by atoms with Gasteiger partial charge in [0, 0.05) is 0 Å². The molecule has 0 heterocycles. The first-order valence-electron chi connectivity index (χ1n) is 3.25. The molecule has 12 heavy (non-hydrogen) atoms. The number of phenols is 1. The minimum absolute atomic E-state index is 0.0532. The van der Waals surface area contributed by atoms with E-state index >= 15 is 0 Å². The van der Waals surface area contributed by atoms with Crippen LogP contribution in [0.25, 0.3) is 0 Å². The first kappa shape index (κ1) is 9.06. The molecule has 2 N–H and O–H groups in total. The largest absolute Gasteiger partial charge is 0.507 e. The van der Waals surface area contributed by atoms with Gasteiger partial charge in [0.1, 0.15) is 5.75 Å². The van der Waals surface area contributed by atoms with Crippen LogP contribution >= 0.6 is 15.9 Å². The molecule has 0 amide bonds. The normalized spacial score (nSPS) is 9.83. The first-order chi connectivity index (χ1) is 5.54. The topological polar surface area (TPSA) is 57.5 Å². The number of benzene rings is 1. The van der Waals surface area contributed by atoms with Gasteiger partial charge in [0.15, 0.2) is 0 Å². The van der Waals surface area contributed by atoms with Crippen LogP contribution in [0.1, 0.15) is 15.9 Å². The highest BCUT2D eigenvalue weighted by Crippen LogP contribution is 2.29. The van der Waals surface area contributed by atoms with Gasteiger partial charge in [-0.3, -0.25) is 0 Å². The molecule has 0 saturated heterocycles. The van der Waals surface area contributed by atoms with Crippen LogP contribution in [0.3, 0.4) is 0 Å². The predicted octanol–water partition coefficient (Wildman–Crippen LogP) is 2.16. The van der Waals surface area contributed by atoms with E-state index in [9.17, 15) is 4.79 Å². The van der Waals surface area contributed by atoms with E-state index in [1.165, 1.54) is 12.1 Å². The summed E-state index contributed by atoms with van der Waals surface area (Å²) < 4.78 is 0.433. The maximum Gasteiger partial charge on any atom is 0.335 e. The summed E-state index contributed by atoms with van der Waals surface area (Å²) in [7, 11) is 0. The fourth-order valence-electron chi connectivity index (χ4n) is 0.902. The molecule has 0 bridgehead atoms. The number of hydrogen-bond acceptors (Lipinski definition) is 2. The fourth-order valence-corrected chi connectivity index (χ4v) is 1.25. The average molecular weight is 231 g/mol. The summed E-state index contributed by atoms with van der Waals surface area (Å²) in [5.74, 6) is -0.939. The zero-order valence-corrected chi connectivity index (χ0v) is 7.92. The number of aromatic carboxylic acids is 1. The predicted molar refractivity (Wildman–Crippen MR) is 47.5 cm³/mol. The van der Waals surface area contributed by atoms with Gasteiger partial charge in [-0.05, 0) is 40.5 Å². The Kier molecular flexibility index (Phi) is 2.38. The molecule has 0 aliphatic heterocycles. The van der Waals surface area contributed by atoms with Crippen LogP contribution in [0, 0.1) is 6.92 Å². The molecule has 0 fully saturated rings. The smallest absolute Gasteiger partial charge is 0.335 e. The number of aromatic hydroxyl groups is 1. The molecule has 0 aromatic heterocycles. The lowest BCUT2D eigenvalue weighted by Crippen LogP contribution is -1.99. The van der Waals surface area contributed by atoms with Crippen molar-refractivity contribution in [3.8, 4) is 5.75 Å². The monoisotopic (exact) mass is 230 g/mol. The minimum atomic E-state index is -0.992. The van der Waals surface area contributed by atoms with Crippen molar-refractivity contribution in [2.24, 2.45) is 0 Å². The lowest BCUT2D eigenvalue weighted by atomic mass is 10.1. The van der Waals surface area contributed by atoms with Crippen LogP contribution in [0.5, 0.6) is 5.75 Å². The highest BCUT2D eigenvalue weighted by atomic mass is 79.9. The Labute approximate surface area is 77.8 Å². The molecular formula is C8H7BrO3. The van der Waals surface area contributed by atoms with Gasteiger partial charge in [-0.15, -0.1) is 0 Å². The molecule has 0 radical (unpaired) electrons. The summed E-state index contributed by atoms with van der Waals surface area (Å²) >= 11 is 3.08. The maximum atomic E-state index is 10.6. The van der Waals surface area contributed by atoms with Gasteiger partial charge in [-0.2, -0.15) is 0 Å². The third-order valence-corrected chi connectivity index (χ3v) is 2.60. The first-order valence-corrected chi connectivity index (χ1v) is 4.04. The number of carboxylic acids is 1. The molecule has 4 heteroatoms. The molecule has 0 unspecified atom stereocenters. The maximum absolute atomic E-state index is 10.6. The van der Waals surface area contributed by atoms with E-state index in [1.807, 2.05) is 0 Å². The van der Waals surface area contributed by atoms with Crippen LogP contribution in [0.2, 0.25) is 0 Å². The van der Waals surface area contributed by atoms with Crippen molar-refractivity contribution >= 4 is 21.9 Å². The summed E-state index contributed by atoms with van der Waals surface area (Å²) in [6.45, 7) is 1.63. The molecule has 1 aromatic carbocycles. The molecule has 3 nitrogen and oxygen atoms in total. The standard InChI is InChI=1S/C8H7BrO3/c1-4-5(8(11)12)2-3-6(10)7(4)9/h2-3,10H,1H3,(H,11,12). The van der Waals surface area contributed by atoms with E-state index in [-0.39, 0.29) is 11.3 Å². The van der Waals surface area contributed by atoms with Gasteiger partial charge in [-0.25, -0.2) is 4.79 Å². The van der Waals surface area contributed by atoms with Gasteiger partial charge in [0.05, 0.1) is 10.0 Å². The Hall–Kier alpha value is -1.03. The van der Waals surface area contributed by atoms with E-state index in [1.54, 1.807) is 6.92 Å². The third-order valence-electron chi connectivity index (χ3n) is 1.60. The number of rotatable bonds is 1. The van der Waals surface area contributed by atoms with Crippen molar-refractivity contribution < 1.29 is 15.0 Å². The van der Waals surface area contributed by atoms with Crippen LogP contribution in [-0.4, -0.2) is 16.2 Å². The molecule has 1 aromatic rings. The Morgan fingerprint density at radius 1 is 1.50 bits per heavy atom. The number of hydrogen-bond donors (Lipinski definition) is 2. The van der Waals surface area contributed by atoms with Crippen molar-refractivity contribution in [1.29, 1.82) is 0 Å². The summed E-state index contributed by atoms with van der Waals surface area (Å²) in [4.78, 5) is 10.6. The van der Waals surface area contributed by atoms with Crippen molar-refractivity contribution in [2.75, 3.05) is 0 Å². The quantitative estimate of drug-likeness (QED) is 0.778. The van der Waals surface area contributed by atoms with Crippen LogP contribution in [0.4, 0.5) is 0 Å². The molecule has 64 valence electrons. The highest BCUT2D eigenvalue weighted by Gasteiger charge is 2.11. The molecule has 0 aliphatic rings. The Morgan fingerprint density at radius 3 is 2.58 bits per heavy atom. The van der Waals surface area contributed by atoms with Crippen molar-refractivity contribution in [3.05, 3.63) is 27.7 Å². The summed E-state index contributed by atoms with van der Waals surface area (Å²) in [5, 5.41) is 17.8. The summed E-state index contributed by atoms with van der Waals surface area (Å²) in [6.07, 6.45) is 0. The zero-order valence-electron chi connectivity index (χ0n) is 6.34. The second kappa shape index (κ2) is 3.15. The van der Waals surface area contributed by atoms with Crippen LogP contribution in [0.15, 0.2) is 16.6 Å². The van der Waals surface area contributed by atoms with E-state index in [0.717, 1.165) is 0 Å². The summed E-state index contributed by atoms with van der Waals surface area (Å²) in [6, 6.07) is 2.72. The average Bonchev–Trinajstić information content (AvgIpc) is 2.00. The number of halogens is 1. The van der Waals surface area contributed by atoms with E-state index in [2.05, 4.69) is 15.9 Å². The number of carboxylic acid groups (broad SMARTS) is 1. The van der Waals surface area contributed by atoms with Gasteiger partial charge in [0.25, 0.3) is 0 Å². The van der Waals surface area contributed by atoms with Crippen molar-refractivity contribution in [3.63, 3.8) is 0 Å². The van der Waals surface area contributed by atoms with Gasteiger partial charge >= 0.3 is 5.97 Å². The SMILES string of the molecule is Cc1c(C(=O)O)ccc(O)c1Br. The highest BCUT2D eigenvalue weighted by molar-refractivity contribution is 9.10.